The predicted molar refractivity (Wildman–Crippen MR) is 78.2 cm³/mol. The Morgan fingerprint density at radius 1 is 1.22 bits per heavy atom. The van der Waals surface area contributed by atoms with Crippen molar-refractivity contribution in [3.05, 3.63) is 55.5 Å². The Kier molecular flexibility index (Phi) is 4.05. The van der Waals surface area contributed by atoms with Gasteiger partial charge >= 0.3 is 0 Å². The highest BCUT2D eigenvalue weighted by molar-refractivity contribution is 7.71. The van der Waals surface area contributed by atoms with E-state index in [-0.39, 0.29) is 0 Å². The van der Waals surface area contributed by atoms with Crippen LogP contribution in [-0.2, 0) is 6.42 Å². The summed E-state index contributed by atoms with van der Waals surface area (Å²) in [6.07, 6.45) is 0.545. The summed E-state index contributed by atoms with van der Waals surface area (Å²) >= 11 is 17.5. The Morgan fingerprint density at radius 2 is 1.83 bits per heavy atom. The first-order chi connectivity index (χ1) is 8.49. The molecule has 0 saturated carbocycles. The lowest BCUT2D eigenvalue weighted by Gasteiger charge is -2.08. The highest BCUT2D eigenvalue weighted by Crippen LogP contribution is 2.26. The van der Waals surface area contributed by atoms with Gasteiger partial charge in [-0.3, -0.25) is 0 Å². The number of H-pyrrole nitrogens is 1. The fourth-order valence-corrected chi connectivity index (χ4v) is 2.45. The van der Waals surface area contributed by atoms with E-state index >= 15 is 0 Å². The van der Waals surface area contributed by atoms with E-state index < -0.39 is 0 Å². The smallest absolute Gasteiger partial charge is 0.132 e. The van der Waals surface area contributed by atoms with Crippen molar-refractivity contribution in [2.24, 2.45) is 0 Å². The van der Waals surface area contributed by atoms with Crippen LogP contribution in [0.15, 0.2) is 18.2 Å². The highest BCUT2D eigenvalue weighted by atomic mass is 35.5. The van der Waals surface area contributed by atoms with Gasteiger partial charge < -0.3 is 4.98 Å². The minimum atomic E-state index is 0.545. The van der Waals surface area contributed by atoms with Gasteiger partial charge in [0.25, 0.3) is 0 Å². The van der Waals surface area contributed by atoms with E-state index in [4.69, 9.17) is 35.4 Å². The molecule has 0 unspecified atom stereocenters. The molecule has 0 aliphatic carbocycles. The largest absolute Gasteiger partial charge is 0.347 e. The zero-order valence-corrected chi connectivity index (χ0v) is 12.4. The van der Waals surface area contributed by atoms with Crippen LogP contribution < -0.4 is 0 Å². The number of hydrogen-bond acceptors (Lipinski definition) is 2. The number of halogens is 2. The van der Waals surface area contributed by atoms with Gasteiger partial charge in [0, 0.05) is 27.7 Å². The molecule has 1 aromatic carbocycles. The van der Waals surface area contributed by atoms with Gasteiger partial charge in [0.1, 0.15) is 10.5 Å². The van der Waals surface area contributed by atoms with E-state index in [0.717, 1.165) is 22.6 Å². The van der Waals surface area contributed by atoms with Gasteiger partial charge in [-0.1, -0.05) is 41.5 Å². The zero-order valence-electron chi connectivity index (χ0n) is 10.1. The first-order valence-corrected chi connectivity index (χ1v) is 6.64. The van der Waals surface area contributed by atoms with Gasteiger partial charge in [0.2, 0.25) is 0 Å². The molecule has 0 radical (unpaired) electrons. The van der Waals surface area contributed by atoms with E-state index in [9.17, 15) is 0 Å². The monoisotopic (exact) mass is 298 g/mol. The number of nitrogens with zero attached hydrogens (tertiary/aromatic N) is 1. The second-order valence-electron chi connectivity index (χ2n) is 4.12. The molecule has 0 fully saturated rings. The van der Waals surface area contributed by atoms with Crippen molar-refractivity contribution >= 4 is 35.4 Å². The number of rotatable bonds is 2. The van der Waals surface area contributed by atoms with Gasteiger partial charge in [-0.2, -0.15) is 0 Å². The summed E-state index contributed by atoms with van der Waals surface area (Å²) in [7, 11) is 0. The average Bonchev–Trinajstić information content (AvgIpc) is 2.31. The van der Waals surface area contributed by atoms with Crippen molar-refractivity contribution in [1.29, 1.82) is 0 Å². The van der Waals surface area contributed by atoms with E-state index in [0.29, 0.717) is 21.1 Å². The summed E-state index contributed by atoms with van der Waals surface area (Å²) in [5.74, 6) is 0.776. The molecule has 0 aliphatic heterocycles. The molecule has 1 aromatic heterocycles. The van der Waals surface area contributed by atoms with E-state index in [1.54, 1.807) is 0 Å². The molecular formula is C13H12Cl2N2S. The maximum atomic E-state index is 6.14. The quantitative estimate of drug-likeness (QED) is 0.817. The van der Waals surface area contributed by atoms with Gasteiger partial charge in [-0.15, -0.1) is 0 Å². The summed E-state index contributed by atoms with van der Waals surface area (Å²) in [6.45, 7) is 3.93. The molecule has 0 aliphatic rings. The normalized spacial score (nSPS) is 10.7. The summed E-state index contributed by atoms with van der Waals surface area (Å²) in [5.41, 5.74) is 2.88. The molecule has 0 amide bonds. The van der Waals surface area contributed by atoms with Crippen LogP contribution in [0.2, 0.25) is 10.0 Å². The second kappa shape index (κ2) is 5.39. The minimum Gasteiger partial charge on any atom is -0.347 e. The van der Waals surface area contributed by atoms with Gasteiger partial charge in [-0.25, -0.2) is 4.98 Å². The van der Waals surface area contributed by atoms with Crippen molar-refractivity contribution in [3.8, 4) is 0 Å². The number of nitrogens with one attached hydrogen (secondary N) is 1. The van der Waals surface area contributed by atoms with Gasteiger partial charge in [-0.05, 0) is 31.5 Å². The van der Waals surface area contributed by atoms with Crippen LogP contribution >= 0.6 is 35.4 Å². The molecule has 2 aromatic rings. The zero-order chi connectivity index (χ0) is 13.3. The maximum Gasteiger partial charge on any atom is 0.132 e. The summed E-state index contributed by atoms with van der Waals surface area (Å²) in [6, 6.07) is 5.46. The molecule has 0 atom stereocenters. The molecule has 2 rings (SSSR count). The van der Waals surface area contributed by atoms with E-state index in [1.807, 2.05) is 32.0 Å². The summed E-state index contributed by atoms with van der Waals surface area (Å²) < 4.78 is 0.615. The Hall–Kier alpha value is -0.900. The third-order valence-corrected chi connectivity index (χ3v) is 3.96. The first kappa shape index (κ1) is 13.5. The number of aromatic amines is 1. The third kappa shape index (κ3) is 2.74. The predicted octanol–water partition coefficient (Wildman–Crippen LogP) is 4.65. The topological polar surface area (TPSA) is 28.7 Å². The lowest BCUT2D eigenvalue weighted by atomic mass is 10.1. The maximum absolute atomic E-state index is 6.14. The van der Waals surface area contributed by atoms with Crippen LogP contribution in [0, 0.1) is 18.5 Å². The van der Waals surface area contributed by atoms with Crippen LogP contribution in [0.1, 0.15) is 22.6 Å². The summed E-state index contributed by atoms with van der Waals surface area (Å²) in [4.78, 5) is 7.58. The van der Waals surface area contributed by atoms with Crippen molar-refractivity contribution in [2.45, 2.75) is 20.3 Å². The molecule has 0 saturated heterocycles. The first-order valence-electron chi connectivity index (χ1n) is 5.48. The van der Waals surface area contributed by atoms with Crippen LogP contribution in [-0.4, -0.2) is 9.97 Å². The molecule has 94 valence electrons. The number of benzene rings is 1. The fourth-order valence-electron chi connectivity index (χ4n) is 1.66. The van der Waals surface area contributed by atoms with Crippen LogP contribution in [0.3, 0.4) is 0 Å². The van der Waals surface area contributed by atoms with Gasteiger partial charge in [0.05, 0.1) is 0 Å². The SMILES string of the molecule is Cc1[nH]c(Cc2c(Cl)cccc2Cl)nc(=S)c1C. The van der Waals surface area contributed by atoms with E-state index in [1.165, 1.54) is 0 Å². The fraction of sp³-hybridized carbons (Fsp3) is 0.231. The molecule has 1 heterocycles. The van der Waals surface area contributed by atoms with Crippen molar-refractivity contribution in [2.75, 3.05) is 0 Å². The van der Waals surface area contributed by atoms with Gasteiger partial charge in [0.15, 0.2) is 0 Å². The molecule has 1 N–H and O–H groups in total. The van der Waals surface area contributed by atoms with Crippen molar-refractivity contribution < 1.29 is 0 Å². The number of aryl methyl sites for hydroxylation is 1. The molecular weight excluding hydrogens is 287 g/mol. The summed E-state index contributed by atoms with van der Waals surface area (Å²) in [5, 5.41) is 1.28. The Morgan fingerprint density at radius 3 is 2.39 bits per heavy atom. The number of aromatic nitrogens is 2. The lowest BCUT2D eigenvalue weighted by molar-refractivity contribution is 0.918. The Bertz CT molecular complexity index is 630. The van der Waals surface area contributed by atoms with Crippen LogP contribution in [0.25, 0.3) is 0 Å². The van der Waals surface area contributed by atoms with Crippen LogP contribution in [0.4, 0.5) is 0 Å². The van der Waals surface area contributed by atoms with Crippen molar-refractivity contribution in [3.63, 3.8) is 0 Å². The molecule has 2 nitrogen and oxygen atoms in total. The van der Waals surface area contributed by atoms with Crippen molar-refractivity contribution in [1.82, 2.24) is 9.97 Å². The van der Waals surface area contributed by atoms with E-state index in [2.05, 4.69) is 9.97 Å². The Labute approximate surface area is 121 Å². The molecule has 0 spiro atoms. The Balaban J connectivity index is 2.44. The standard InChI is InChI=1S/C13H12Cl2N2S/c1-7-8(2)16-12(17-13(7)18)6-9-10(14)4-3-5-11(9)15/h3-5H,6H2,1-2H3,(H,16,17,18). The highest BCUT2D eigenvalue weighted by Gasteiger charge is 2.09. The molecule has 5 heteroatoms. The second-order valence-corrected chi connectivity index (χ2v) is 5.32. The molecule has 18 heavy (non-hydrogen) atoms. The average molecular weight is 299 g/mol. The van der Waals surface area contributed by atoms with Crippen LogP contribution in [0.5, 0.6) is 0 Å². The number of hydrogen-bond donors (Lipinski definition) is 1. The minimum absolute atomic E-state index is 0.545. The third-order valence-electron chi connectivity index (χ3n) is 2.86. The molecule has 0 bridgehead atoms. The lowest BCUT2D eigenvalue weighted by Crippen LogP contribution is -2.02.